The lowest BCUT2D eigenvalue weighted by Gasteiger charge is -2.21. The molecule has 0 bridgehead atoms. The fourth-order valence-electron chi connectivity index (χ4n) is 3.60. The molecule has 7 nitrogen and oxygen atoms in total. The van der Waals surface area contributed by atoms with E-state index in [1.54, 1.807) is 14.0 Å². The largest absolute Gasteiger partial charge is 0.454 e. The third-order valence-corrected chi connectivity index (χ3v) is 5.08. The van der Waals surface area contributed by atoms with Crippen LogP contribution in [0.5, 0.6) is 11.5 Å². The normalized spacial score (nSPS) is 12.5. The van der Waals surface area contributed by atoms with Crippen molar-refractivity contribution < 1.29 is 14.3 Å². The molecule has 1 aliphatic heterocycles. The molecule has 3 aromatic rings. The zero-order valence-electron chi connectivity index (χ0n) is 16.1. The first kappa shape index (κ1) is 18.2. The molecule has 2 aromatic carbocycles. The third kappa shape index (κ3) is 3.13. The Morgan fingerprint density at radius 2 is 1.75 bits per heavy atom. The number of rotatable bonds is 6. The van der Waals surface area contributed by atoms with E-state index in [-0.39, 0.29) is 24.9 Å². The average Bonchev–Trinajstić information content (AvgIpc) is 3.28. The van der Waals surface area contributed by atoms with E-state index in [2.05, 4.69) is 0 Å². The van der Waals surface area contributed by atoms with Crippen molar-refractivity contribution >= 4 is 16.9 Å². The van der Waals surface area contributed by atoms with Crippen LogP contribution in [0.1, 0.15) is 19.4 Å². The van der Waals surface area contributed by atoms with Crippen molar-refractivity contribution in [2.75, 3.05) is 13.3 Å². The molecular formula is C21H23N3O4. The standard InChI is InChI=1S/C21H23N3O4/c1-3-22(12-15-9-10-18-19(11-15)28-14-27-18)20(25)13-24-17-8-6-5-7-16(17)23(4-2)21(24)26/h5-11H,3-4,12-14H2,1-2H3. The van der Waals surface area contributed by atoms with Gasteiger partial charge < -0.3 is 14.4 Å². The molecule has 7 heteroatoms. The summed E-state index contributed by atoms with van der Waals surface area (Å²) >= 11 is 0. The Morgan fingerprint density at radius 1 is 1.04 bits per heavy atom. The van der Waals surface area contributed by atoms with Gasteiger partial charge in [0.25, 0.3) is 0 Å². The van der Waals surface area contributed by atoms with Crippen molar-refractivity contribution in [2.45, 2.75) is 33.5 Å². The molecule has 1 aromatic heterocycles. The molecule has 0 aliphatic carbocycles. The average molecular weight is 381 g/mol. The fourth-order valence-corrected chi connectivity index (χ4v) is 3.60. The van der Waals surface area contributed by atoms with Gasteiger partial charge in [-0.25, -0.2) is 4.79 Å². The van der Waals surface area contributed by atoms with Crippen LogP contribution in [0.25, 0.3) is 11.0 Å². The minimum absolute atomic E-state index is 0.0186. The molecule has 0 unspecified atom stereocenters. The van der Waals surface area contributed by atoms with Gasteiger partial charge in [0.05, 0.1) is 11.0 Å². The summed E-state index contributed by atoms with van der Waals surface area (Å²) in [4.78, 5) is 27.5. The van der Waals surface area contributed by atoms with E-state index in [0.29, 0.717) is 25.4 Å². The van der Waals surface area contributed by atoms with Crippen molar-refractivity contribution in [3.8, 4) is 11.5 Å². The maximum absolute atomic E-state index is 13.0. The van der Waals surface area contributed by atoms with E-state index in [1.807, 2.05) is 56.3 Å². The van der Waals surface area contributed by atoms with Gasteiger partial charge in [0.1, 0.15) is 6.54 Å². The molecule has 0 N–H and O–H groups in total. The van der Waals surface area contributed by atoms with Crippen LogP contribution < -0.4 is 15.2 Å². The summed E-state index contributed by atoms with van der Waals surface area (Å²) in [6, 6.07) is 13.3. The summed E-state index contributed by atoms with van der Waals surface area (Å²) in [6.07, 6.45) is 0. The number of hydrogen-bond donors (Lipinski definition) is 0. The van der Waals surface area contributed by atoms with Gasteiger partial charge in [-0.05, 0) is 43.7 Å². The van der Waals surface area contributed by atoms with Crippen LogP contribution in [-0.4, -0.2) is 33.3 Å². The molecule has 1 aliphatic rings. The Balaban J connectivity index is 1.58. The fraction of sp³-hybridized carbons (Fsp3) is 0.333. The Hall–Kier alpha value is -3.22. The molecule has 0 atom stereocenters. The highest BCUT2D eigenvalue weighted by molar-refractivity contribution is 5.81. The van der Waals surface area contributed by atoms with E-state index in [9.17, 15) is 9.59 Å². The zero-order valence-corrected chi connectivity index (χ0v) is 16.1. The third-order valence-electron chi connectivity index (χ3n) is 5.08. The van der Waals surface area contributed by atoms with E-state index in [4.69, 9.17) is 9.47 Å². The number of para-hydroxylation sites is 2. The summed E-state index contributed by atoms with van der Waals surface area (Å²) < 4.78 is 14.0. The lowest BCUT2D eigenvalue weighted by atomic mass is 10.2. The van der Waals surface area contributed by atoms with Gasteiger partial charge >= 0.3 is 5.69 Å². The van der Waals surface area contributed by atoms with E-state index < -0.39 is 0 Å². The van der Waals surface area contributed by atoms with Crippen molar-refractivity contribution in [1.82, 2.24) is 14.0 Å². The van der Waals surface area contributed by atoms with Crippen molar-refractivity contribution in [3.05, 3.63) is 58.5 Å². The summed E-state index contributed by atoms with van der Waals surface area (Å²) in [7, 11) is 0. The molecule has 4 rings (SSSR count). The number of aryl methyl sites for hydroxylation is 1. The van der Waals surface area contributed by atoms with E-state index >= 15 is 0 Å². The first-order valence-electron chi connectivity index (χ1n) is 9.46. The van der Waals surface area contributed by atoms with Crippen molar-refractivity contribution in [1.29, 1.82) is 0 Å². The quantitative estimate of drug-likeness (QED) is 0.658. The molecular weight excluding hydrogens is 358 g/mol. The lowest BCUT2D eigenvalue weighted by molar-refractivity contribution is -0.132. The number of aromatic nitrogens is 2. The molecule has 146 valence electrons. The maximum Gasteiger partial charge on any atom is 0.329 e. The maximum atomic E-state index is 13.0. The van der Waals surface area contributed by atoms with Gasteiger partial charge in [-0.3, -0.25) is 13.9 Å². The molecule has 0 saturated carbocycles. The van der Waals surface area contributed by atoms with Crippen LogP contribution in [0.2, 0.25) is 0 Å². The van der Waals surface area contributed by atoms with Gasteiger partial charge in [0.2, 0.25) is 12.7 Å². The minimum atomic E-state index is -0.156. The van der Waals surface area contributed by atoms with Gasteiger partial charge in [0.15, 0.2) is 11.5 Å². The van der Waals surface area contributed by atoms with Crippen molar-refractivity contribution in [3.63, 3.8) is 0 Å². The summed E-state index contributed by atoms with van der Waals surface area (Å²) in [6.45, 7) is 5.67. The Bertz CT molecular complexity index is 1080. The number of hydrogen-bond acceptors (Lipinski definition) is 4. The molecule has 2 heterocycles. The molecule has 0 fully saturated rings. The minimum Gasteiger partial charge on any atom is -0.454 e. The summed E-state index contributed by atoms with van der Waals surface area (Å²) in [5.74, 6) is 1.32. The number of fused-ring (bicyclic) bond motifs is 2. The zero-order chi connectivity index (χ0) is 19.7. The second kappa shape index (κ2) is 7.42. The number of ether oxygens (including phenoxy) is 2. The predicted octanol–water partition coefficient (Wildman–Crippen LogP) is 2.60. The molecule has 0 spiro atoms. The number of carbonyl (C=O) groups excluding carboxylic acids is 1. The van der Waals surface area contributed by atoms with Crippen molar-refractivity contribution in [2.24, 2.45) is 0 Å². The summed E-state index contributed by atoms with van der Waals surface area (Å²) in [5.41, 5.74) is 2.43. The molecule has 0 saturated heterocycles. The number of nitrogens with zero attached hydrogens (tertiary/aromatic N) is 3. The number of amides is 1. The number of carbonyl (C=O) groups is 1. The highest BCUT2D eigenvalue weighted by atomic mass is 16.7. The second-order valence-corrected chi connectivity index (χ2v) is 6.70. The lowest BCUT2D eigenvalue weighted by Crippen LogP contribution is -2.36. The van der Waals surface area contributed by atoms with Gasteiger partial charge in [-0.15, -0.1) is 0 Å². The van der Waals surface area contributed by atoms with E-state index in [1.165, 1.54) is 0 Å². The van der Waals surface area contributed by atoms with Crippen LogP contribution in [-0.2, 0) is 24.4 Å². The highest BCUT2D eigenvalue weighted by Gasteiger charge is 2.19. The Labute approximate surface area is 162 Å². The van der Waals surface area contributed by atoms with Gasteiger partial charge in [-0.1, -0.05) is 18.2 Å². The monoisotopic (exact) mass is 381 g/mol. The highest BCUT2D eigenvalue weighted by Crippen LogP contribution is 2.32. The smallest absolute Gasteiger partial charge is 0.329 e. The Kier molecular flexibility index (Phi) is 4.81. The molecule has 0 radical (unpaired) electrons. The van der Waals surface area contributed by atoms with E-state index in [0.717, 1.165) is 22.3 Å². The second-order valence-electron chi connectivity index (χ2n) is 6.70. The Morgan fingerprint density at radius 3 is 2.46 bits per heavy atom. The first-order chi connectivity index (χ1) is 13.6. The number of likely N-dealkylation sites (N-methyl/N-ethyl adjacent to an activating group) is 1. The van der Waals surface area contributed by atoms with Crippen LogP contribution in [0.4, 0.5) is 0 Å². The van der Waals surface area contributed by atoms with Crippen LogP contribution in [0.3, 0.4) is 0 Å². The molecule has 1 amide bonds. The van der Waals surface area contributed by atoms with Crippen LogP contribution in [0.15, 0.2) is 47.3 Å². The SMILES string of the molecule is CCN(Cc1ccc2c(c1)OCO2)C(=O)Cn1c(=O)n(CC)c2ccccc21. The summed E-state index contributed by atoms with van der Waals surface area (Å²) in [5, 5.41) is 0. The molecule has 28 heavy (non-hydrogen) atoms. The van der Waals surface area contributed by atoms with Gasteiger partial charge in [-0.2, -0.15) is 0 Å². The first-order valence-corrected chi connectivity index (χ1v) is 9.46. The number of imidazole rings is 1. The van der Waals surface area contributed by atoms with Gasteiger partial charge in [0, 0.05) is 19.6 Å². The van der Waals surface area contributed by atoms with Crippen LogP contribution in [0, 0.1) is 0 Å². The number of benzene rings is 2. The predicted molar refractivity (Wildman–Crippen MR) is 106 cm³/mol. The topological polar surface area (TPSA) is 65.7 Å². The van der Waals surface area contributed by atoms with Crippen LogP contribution >= 0.6 is 0 Å².